The number of ether oxygens (including phenoxy) is 1. The lowest BCUT2D eigenvalue weighted by atomic mass is 10.0. The van der Waals surface area contributed by atoms with Gasteiger partial charge in [-0.15, -0.1) is 0 Å². The summed E-state index contributed by atoms with van der Waals surface area (Å²) in [4.78, 5) is 33.2. The number of nitrogens with zero attached hydrogens (tertiary/aromatic N) is 3. The number of hydrogen-bond donors (Lipinski definition) is 1. The van der Waals surface area contributed by atoms with E-state index in [-0.39, 0.29) is 24.4 Å². The molecule has 5 rings (SSSR count). The third-order valence-corrected chi connectivity index (χ3v) is 8.77. The number of benzene rings is 3. The SMILES string of the molecule is COc1ccccc1C(=O)N1CCN(C(=O)CNC2CCN(Cc3ccccc3)CC2)C(c2ccc(Cl)c(Cl)c2)C1. The third-order valence-electron chi connectivity index (χ3n) is 8.03. The molecule has 3 aromatic carbocycles. The van der Waals surface area contributed by atoms with Gasteiger partial charge in [0.15, 0.2) is 0 Å². The summed E-state index contributed by atoms with van der Waals surface area (Å²) in [6.07, 6.45) is 2.00. The maximum Gasteiger partial charge on any atom is 0.257 e. The van der Waals surface area contributed by atoms with Gasteiger partial charge in [-0.1, -0.05) is 71.7 Å². The van der Waals surface area contributed by atoms with Gasteiger partial charge in [0, 0.05) is 32.2 Å². The van der Waals surface area contributed by atoms with Crippen molar-refractivity contribution < 1.29 is 14.3 Å². The summed E-state index contributed by atoms with van der Waals surface area (Å²) in [6, 6.07) is 23.1. The van der Waals surface area contributed by atoms with Crippen LogP contribution in [0.3, 0.4) is 0 Å². The number of piperazine rings is 1. The van der Waals surface area contributed by atoms with Crippen molar-refractivity contribution in [3.05, 3.63) is 99.5 Å². The molecule has 3 aromatic rings. The Morgan fingerprint density at radius 1 is 0.902 bits per heavy atom. The molecule has 0 bridgehead atoms. The highest BCUT2D eigenvalue weighted by Crippen LogP contribution is 2.32. The van der Waals surface area contributed by atoms with Crippen LogP contribution in [0.1, 0.15) is 40.4 Å². The molecule has 0 radical (unpaired) electrons. The van der Waals surface area contributed by atoms with E-state index < -0.39 is 0 Å². The molecular formula is C32H36Cl2N4O3. The van der Waals surface area contributed by atoms with Gasteiger partial charge in [-0.05, 0) is 61.3 Å². The van der Waals surface area contributed by atoms with Gasteiger partial charge in [-0.3, -0.25) is 14.5 Å². The van der Waals surface area contributed by atoms with E-state index in [1.165, 1.54) is 5.56 Å². The molecule has 2 amide bonds. The number of rotatable bonds is 8. The number of hydrogen-bond acceptors (Lipinski definition) is 5. The van der Waals surface area contributed by atoms with Crippen molar-refractivity contribution in [1.82, 2.24) is 20.0 Å². The predicted octanol–water partition coefficient (Wildman–Crippen LogP) is 5.28. The lowest BCUT2D eigenvalue weighted by Crippen LogP contribution is -2.54. The van der Waals surface area contributed by atoms with Crippen LogP contribution in [0.4, 0.5) is 0 Å². The van der Waals surface area contributed by atoms with Gasteiger partial charge in [0.2, 0.25) is 5.91 Å². The van der Waals surface area contributed by atoms with Gasteiger partial charge in [-0.25, -0.2) is 0 Å². The zero-order valence-electron chi connectivity index (χ0n) is 23.3. The van der Waals surface area contributed by atoms with Crippen LogP contribution in [0.5, 0.6) is 5.75 Å². The van der Waals surface area contributed by atoms with Crippen LogP contribution in [-0.2, 0) is 11.3 Å². The van der Waals surface area contributed by atoms with Crippen molar-refractivity contribution in [2.24, 2.45) is 0 Å². The van der Waals surface area contributed by atoms with E-state index >= 15 is 0 Å². The van der Waals surface area contributed by atoms with E-state index in [0.717, 1.165) is 38.0 Å². The molecule has 1 unspecified atom stereocenters. The van der Waals surface area contributed by atoms with Gasteiger partial charge >= 0.3 is 0 Å². The minimum atomic E-state index is -0.348. The fourth-order valence-electron chi connectivity index (χ4n) is 5.73. The molecule has 1 atom stereocenters. The molecule has 2 aliphatic heterocycles. The van der Waals surface area contributed by atoms with Crippen molar-refractivity contribution in [3.8, 4) is 5.75 Å². The van der Waals surface area contributed by atoms with Crippen LogP contribution in [0.25, 0.3) is 0 Å². The van der Waals surface area contributed by atoms with Crippen LogP contribution in [0, 0.1) is 0 Å². The van der Waals surface area contributed by atoms with Crippen molar-refractivity contribution in [3.63, 3.8) is 0 Å². The van der Waals surface area contributed by atoms with Gasteiger partial charge in [0.1, 0.15) is 5.75 Å². The van der Waals surface area contributed by atoms with Crippen molar-refractivity contribution in [2.75, 3.05) is 46.4 Å². The van der Waals surface area contributed by atoms with E-state index in [0.29, 0.717) is 47.0 Å². The van der Waals surface area contributed by atoms with Crippen LogP contribution in [0.2, 0.25) is 10.0 Å². The molecule has 2 heterocycles. The van der Waals surface area contributed by atoms with Gasteiger partial charge in [0.25, 0.3) is 5.91 Å². The molecule has 1 N–H and O–H groups in total. The zero-order valence-corrected chi connectivity index (χ0v) is 24.8. The molecule has 2 saturated heterocycles. The molecule has 216 valence electrons. The first-order chi connectivity index (χ1) is 19.9. The van der Waals surface area contributed by atoms with Crippen LogP contribution in [-0.4, -0.2) is 78.9 Å². The summed E-state index contributed by atoms with van der Waals surface area (Å²) in [5.74, 6) is 0.415. The number of nitrogens with one attached hydrogen (secondary N) is 1. The molecule has 0 spiro atoms. The maximum atomic E-state index is 13.6. The Hall–Kier alpha value is -3.10. The summed E-state index contributed by atoms with van der Waals surface area (Å²) in [5.41, 5.74) is 2.67. The monoisotopic (exact) mass is 594 g/mol. The first kappa shape index (κ1) is 29.4. The Balaban J connectivity index is 1.23. The van der Waals surface area contributed by atoms with Crippen molar-refractivity contribution in [2.45, 2.75) is 31.5 Å². The second-order valence-corrected chi connectivity index (χ2v) is 11.5. The molecule has 2 aliphatic rings. The van der Waals surface area contributed by atoms with E-state index in [2.05, 4.69) is 34.5 Å². The first-order valence-electron chi connectivity index (χ1n) is 14.1. The number of carbonyl (C=O) groups is 2. The van der Waals surface area contributed by atoms with E-state index in [4.69, 9.17) is 27.9 Å². The summed E-state index contributed by atoms with van der Waals surface area (Å²) in [6.45, 7) is 4.39. The van der Waals surface area contributed by atoms with Gasteiger partial charge in [-0.2, -0.15) is 0 Å². The summed E-state index contributed by atoms with van der Waals surface area (Å²) >= 11 is 12.6. The molecule has 2 fully saturated rings. The average molecular weight is 596 g/mol. The number of carbonyl (C=O) groups excluding carboxylic acids is 2. The Labute approximate surface area is 252 Å². The van der Waals surface area contributed by atoms with E-state index in [1.54, 1.807) is 36.3 Å². The lowest BCUT2D eigenvalue weighted by molar-refractivity contribution is -0.135. The lowest BCUT2D eigenvalue weighted by Gasteiger charge is -2.42. The van der Waals surface area contributed by atoms with E-state index in [1.807, 2.05) is 29.2 Å². The highest BCUT2D eigenvalue weighted by molar-refractivity contribution is 6.42. The summed E-state index contributed by atoms with van der Waals surface area (Å²) < 4.78 is 5.43. The second kappa shape index (κ2) is 13.7. The summed E-state index contributed by atoms with van der Waals surface area (Å²) in [7, 11) is 1.56. The minimum Gasteiger partial charge on any atom is -0.496 e. The van der Waals surface area contributed by atoms with Gasteiger partial charge in [0.05, 0.1) is 35.3 Å². The van der Waals surface area contributed by atoms with Crippen molar-refractivity contribution >= 4 is 35.0 Å². The third kappa shape index (κ3) is 7.22. The molecule has 41 heavy (non-hydrogen) atoms. The topological polar surface area (TPSA) is 65.1 Å². The number of para-hydroxylation sites is 1. The fourth-order valence-corrected chi connectivity index (χ4v) is 6.04. The largest absolute Gasteiger partial charge is 0.496 e. The molecule has 7 nitrogen and oxygen atoms in total. The number of piperidine rings is 1. The standard InChI is InChI=1S/C32H36Cl2N4O3/c1-41-30-10-6-5-9-26(30)32(40)37-17-18-38(29(22-37)24-11-12-27(33)28(34)19-24)31(39)20-35-25-13-15-36(16-14-25)21-23-7-3-2-4-8-23/h2-12,19,25,29,35H,13-18,20-22H2,1H3. The maximum absolute atomic E-state index is 13.6. The average Bonchev–Trinajstić information content (AvgIpc) is 3.01. The second-order valence-electron chi connectivity index (χ2n) is 10.6. The Morgan fingerprint density at radius 3 is 2.37 bits per heavy atom. The quantitative estimate of drug-likeness (QED) is 0.384. The molecule has 0 aliphatic carbocycles. The van der Waals surface area contributed by atoms with Crippen LogP contribution >= 0.6 is 23.2 Å². The predicted molar refractivity (Wildman–Crippen MR) is 163 cm³/mol. The van der Waals surface area contributed by atoms with E-state index in [9.17, 15) is 9.59 Å². The Bertz CT molecular complexity index is 1350. The fraction of sp³-hybridized carbons (Fsp3) is 0.375. The normalized spacial score (nSPS) is 18.4. The number of halogens is 2. The Morgan fingerprint density at radius 2 is 1.63 bits per heavy atom. The smallest absolute Gasteiger partial charge is 0.257 e. The highest BCUT2D eigenvalue weighted by Gasteiger charge is 2.35. The highest BCUT2D eigenvalue weighted by atomic mass is 35.5. The zero-order chi connectivity index (χ0) is 28.8. The van der Waals surface area contributed by atoms with Gasteiger partial charge < -0.3 is 19.9 Å². The Kier molecular flexibility index (Phi) is 9.83. The molecule has 9 heteroatoms. The summed E-state index contributed by atoms with van der Waals surface area (Å²) in [5, 5.41) is 4.38. The number of methoxy groups -OCH3 is 1. The van der Waals surface area contributed by atoms with Crippen molar-refractivity contribution in [1.29, 1.82) is 0 Å². The molecular weight excluding hydrogens is 559 g/mol. The molecule has 0 saturated carbocycles. The number of likely N-dealkylation sites (tertiary alicyclic amines) is 1. The van der Waals surface area contributed by atoms with Crippen LogP contribution in [0.15, 0.2) is 72.8 Å². The minimum absolute atomic E-state index is 0.0113. The van der Waals surface area contributed by atoms with Crippen LogP contribution < -0.4 is 10.1 Å². The molecule has 0 aromatic heterocycles. The first-order valence-corrected chi connectivity index (χ1v) is 14.8. The number of amides is 2.